The molecule has 4 atom stereocenters. The summed E-state index contributed by atoms with van der Waals surface area (Å²) in [6.07, 6.45) is -3.27. The van der Waals surface area contributed by atoms with Crippen LogP contribution in [0.4, 0.5) is 5.82 Å². The molecule has 0 saturated carbocycles. The predicted octanol–water partition coefficient (Wildman–Crippen LogP) is -2.14. The van der Waals surface area contributed by atoms with E-state index in [1.807, 2.05) is 0 Å². The predicted molar refractivity (Wildman–Crippen MR) is 63.2 cm³/mol. The SMILES string of the molecule is Cl.Nc1ccn([C@@H]2O[C@H](CO)[C@H](O)C2O)c(=O)n1. The Bertz CT molecular complexity index is 468. The fourth-order valence-electron chi connectivity index (χ4n) is 1.73. The lowest BCUT2D eigenvalue weighted by atomic mass is 10.1. The molecule has 1 aliphatic heterocycles. The third-order valence-electron chi connectivity index (χ3n) is 2.64. The van der Waals surface area contributed by atoms with Gasteiger partial charge in [-0.2, -0.15) is 4.98 Å². The topological polar surface area (TPSA) is 131 Å². The summed E-state index contributed by atoms with van der Waals surface area (Å²) in [5, 5.41) is 28.2. The highest BCUT2D eigenvalue weighted by molar-refractivity contribution is 5.85. The summed E-state index contributed by atoms with van der Waals surface area (Å²) in [6.45, 7) is -0.453. The van der Waals surface area contributed by atoms with Crippen LogP contribution in [0.1, 0.15) is 6.23 Å². The van der Waals surface area contributed by atoms with Gasteiger partial charge in [-0.3, -0.25) is 4.57 Å². The first kappa shape index (κ1) is 14.9. The summed E-state index contributed by atoms with van der Waals surface area (Å²) < 4.78 is 6.19. The van der Waals surface area contributed by atoms with Gasteiger partial charge in [-0.15, -0.1) is 12.4 Å². The highest BCUT2D eigenvalue weighted by Crippen LogP contribution is 2.27. The Morgan fingerprint density at radius 1 is 1.44 bits per heavy atom. The molecule has 0 bridgehead atoms. The van der Waals surface area contributed by atoms with Gasteiger partial charge >= 0.3 is 5.69 Å². The average molecular weight is 280 g/mol. The molecule has 0 amide bonds. The number of halogens is 1. The van der Waals surface area contributed by atoms with Crippen LogP contribution in [-0.2, 0) is 4.74 Å². The number of rotatable bonds is 2. The lowest BCUT2D eigenvalue weighted by Crippen LogP contribution is -2.36. The van der Waals surface area contributed by atoms with Crippen LogP contribution in [0, 0.1) is 0 Å². The van der Waals surface area contributed by atoms with Gasteiger partial charge in [0.15, 0.2) is 6.23 Å². The summed E-state index contributed by atoms with van der Waals surface area (Å²) in [5.41, 5.74) is 4.63. The highest BCUT2D eigenvalue weighted by Gasteiger charge is 2.43. The minimum absolute atomic E-state index is 0. The quantitative estimate of drug-likeness (QED) is 0.486. The first-order valence-corrected chi connectivity index (χ1v) is 5.01. The zero-order valence-corrected chi connectivity index (χ0v) is 10.0. The summed E-state index contributed by atoms with van der Waals surface area (Å²) in [7, 11) is 0. The van der Waals surface area contributed by atoms with Gasteiger partial charge < -0.3 is 25.8 Å². The molecular weight excluding hydrogens is 266 g/mol. The number of nitrogen functional groups attached to an aromatic ring is 1. The number of anilines is 1. The van der Waals surface area contributed by atoms with Gasteiger partial charge in [-0.25, -0.2) is 4.79 Å². The number of hydrogen-bond acceptors (Lipinski definition) is 7. The van der Waals surface area contributed by atoms with E-state index < -0.39 is 36.8 Å². The van der Waals surface area contributed by atoms with Crippen molar-refractivity contribution in [3.8, 4) is 0 Å². The molecule has 1 aromatic rings. The van der Waals surface area contributed by atoms with E-state index >= 15 is 0 Å². The van der Waals surface area contributed by atoms with Crippen LogP contribution in [0.2, 0.25) is 0 Å². The van der Waals surface area contributed by atoms with E-state index in [-0.39, 0.29) is 18.2 Å². The molecule has 1 unspecified atom stereocenters. The van der Waals surface area contributed by atoms with E-state index in [1.165, 1.54) is 12.3 Å². The molecule has 9 heteroatoms. The minimum atomic E-state index is -1.31. The molecule has 1 aliphatic rings. The van der Waals surface area contributed by atoms with Crippen molar-refractivity contribution in [1.29, 1.82) is 0 Å². The normalized spacial score (nSPS) is 31.1. The number of hydrogen-bond donors (Lipinski definition) is 4. The monoisotopic (exact) mass is 279 g/mol. The Hall–Kier alpha value is -1.19. The van der Waals surface area contributed by atoms with Gasteiger partial charge in [0.1, 0.15) is 24.1 Å². The van der Waals surface area contributed by atoms with Crippen LogP contribution in [-0.4, -0.2) is 49.8 Å². The van der Waals surface area contributed by atoms with E-state index in [0.717, 1.165) is 4.57 Å². The van der Waals surface area contributed by atoms with Gasteiger partial charge in [0.05, 0.1) is 6.61 Å². The Balaban J connectivity index is 0.00000162. The van der Waals surface area contributed by atoms with Crippen LogP contribution in [0.15, 0.2) is 17.1 Å². The second-order valence-electron chi connectivity index (χ2n) is 3.77. The van der Waals surface area contributed by atoms with Crippen LogP contribution >= 0.6 is 12.4 Å². The zero-order chi connectivity index (χ0) is 12.6. The van der Waals surface area contributed by atoms with Gasteiger partial charge in [0.2, 0.25) is 0 Å². The second-order valence-corrected chi connectivity index (χ2v) is 3.77. The summed E-state index contributed by atoms with van der Waals surface area (Å²) in [6, 6.07) is 1.37. The second kappa shape index (κ2) is 5.63. The third-order valence-corrected chi connectivity index (χ3v) is 2.64. The van der Waals surface area contributed by atoms with Crippen molar-refractivity contribution in [2.45, 2.75) is 24.5 Å². The van der Waals surface area contributed by atoms with Gasteiger partial charge in [0.25, 0.3) is 0 Å². The van der Waals surface area contributed by atoms with Gasteiger partial charge in [-0.1, -0.05) is 0 Å². The Kier molecular flexibility index (Phi) is 4.65. The van der Waals surface area contributed by atoms with Crippen LogP contribution in [0.3, 0.4) is 0 Å². The van der Waals surface area contributed by atoms with Gasteiger partial charge in [-0.05, 0) is 6.07 Å². The van der Waals surface area contributed by atoms with Crippen molar-refractivity contribution in [1.82, 2.24) is 9.55 Å². The van der Waals surface area contributed by atoms with Crippen molar-refractivity contribution in [2.24, 2.45) is 0 Å². The van der Waals surface area contributed by atoms with Crippen molar-refractivity contribution in [3.05, 3.63) is 22.7 Å². The molecule has 8 nitrogen and oxygen atoms in total. The maximum atomic E-state index is 11.5. The summed E-state index contributed by atoms with van der Waals surface area (Å²) in [4.78, 5) is 15.0. The smallest absolute Gasteiger partial charge is 0.351 e. The molecule has 102 valence electrons. The number of aliphatic hydroxyl groups excluding tert-OH is 3. The molecule has 5 N–H and O–H groups in total. The van der Waals surface area contributed by atoms with Crippen LogP contribution < -0.4 is 11.4 Å². The molecule has 0 aromatic carbocycles. The number of nitrogens with zero attached hydrogens (tertiary/aromatic N) is 2. The molecular formula is C9H14ClN3O5. The Morgan fingerprint density at radius 3 is 2.61 bits per heavy atom. The Morgan fingerprint density at radius 2 is 2.11 bits per heavy atom. The number of ether oxygens (including phenoxy) is 1. The standard InChI is InChI=1S/C9H13N3O5.ClH/c10-5-1-2-12(9(16)11-5)8-7(15)6(14)4(3-13)17-8;/h1-2,4,6-8,13-15H,3H2,(H2,10,11,16);1H/t4-,6+,7?,8-;/m1./s1. The van der Waals surface area contributed by atoms with Crippen molar-refractivity contribution < 1.29 is 20.1 Å². The molecule has 0 radical (unpaired) electrons. The van der Waals surface area contributed by atoms with Crippen molar-refractivity contribution in [2.75, 3.05) is 12.3 Å². The average Bonchev–Trinajstić information content (AvgIpc) is 2.57. The molecule has 1 saturated heterocycles. The molecule has 0 spiro atoms. The number of aliphatic hydroxyl groups is 3. The lowest BCUT2D eigenvalue weighted by molar-refractivity contribution is -0.0549. The first-order valence-electron chi connectivity index (χ1n) is 5.01. The summed E-state index contributed by atoms with van der Waals surface area (Å²) >= 11 is 0. The number of nitrogens with two attached hydrogens (primary N) is 1. The van der Waals surface area contributed by atoms with E-state index in [4.69, 9.17) is 15.6 Å². The largest absolute Gasteiger partial charge is 0.394 e. The first-order chi connectivity index (χ1) is 8.04. The lowest BCUT2D eigenvalue weighted by Gasteiger charge is -2.16. The third kappa shape index (κ3) is 2.47. The van der Waals surface area contributed by atoms with E-state index in [2.05, 4.69) is 4.98 Å². The maximum absolute atomic E-state index is 11.5. The van der Waals surface area contributed by atoms with E-state index in [0.29, 0.717) is 0 Å². The van der Waals surface area contributed by atoms with Crippen LogP contribution in [0.5, 0.6) is 0 Å². The maximum Gasteiger partial charge on any atom is 0.351 e. The van der Waals surface area contributed by atoms with Crippen molar-refractivity contribution in [3.63, 3.8) is 0 Å². The molecule has 18 heavy (non-hydrogen) atoms. The molecule has 0 aliphatic carbocycles. The molecule has 1 fully saturated rings. The fraction of sp³-hybridized carbons (Fsp3) is 0.556. The Labute approximate surface area is 108 Å². The van der Waals surface area contributed by atoms with Gasteiger partial charge in [0, 0.05) is 6.20 Å². The molecule has 1 aromatic heterocycles. The van der Waals surface area contributed by atoms with E-state index in [1.54, 1.807) is 0 Å². The molecule has 2 heterocycles. The van der Waals surface area contributed by atoms with Crippen LogP contribution in [0.25, 0.3) is 0 Å². The zero-order valence-electron chi connectivity index (χ0n) is 9.21. The minimum Gasteiger partial charge on any atom is -0.394 e. The fourth-order valence-corrected chi connectivity index (χ4v) is 1.73. The summed E-state index contributed by atoms with van der Waals surface area (Å²) in [5.74, 6) is 0.0537. The van der Waals surface area contributed by atoms with E-state index in [9.17, 15) is 15.0 Å². The molecule has 2 rings (SSSR count). The highest BCUT2D eigenvalue weighted by atomic mass is 35.5. The van der Waals surface area contributed by atoms with Crippen molar-refractivity contribution >= 4 is 18.2 Å². The number of aromatic nitrogens is 2.